The van der Waals surface area contributed by atoms with Crippen molar-refractivity contribution in [1.29, 1.82) is 0 Å². The predicted molar refractivity (Wildman–Crippen MR) is 138 cm³/mol. The maximum absolute atomic E-state index is 12.9. The Morgan fingerprint density at radius 1 is 1.14 bits per heavy atom. The largest absolute Gasteiger partial charge is 0.454 e. The highest BCUT2D eigenvalue weighted by Gasteiger charge is 2.52. The fourth-order valence-corrected chi connectivity index (χ4v) is 4.53. The first-order valence-corrected chi connectivity index (χ1v) is 12.1. The molecule has 3 aromatic rings. The standard InChI is InChI=1S/C23H22Cl2N4O4.C2H6/c1-11(2)19(30)23(6-7-23)15-10-14(5-4-12(15)3)33-18-16(24)8-13(9-17(18)25)29-22(32)27-21(31)20(26)28-29;1-2/h4-5,8-11H,6-7H2,1-3H3,(H2,26,28)(H,27,31,32);1-2H3. The molecule has 1 fully saturated rings. The molecule has 3 N–H and O–H groups in total. The van der Waals surface area contributed by atoms with Crippen LogP contribution in [0.4, 0.5) is 5.82 Å². The van der Waals surface area contributed by atoms with E-state index >= 15 is 0 Å². The first kappa shape index (κ1) is 26.5. The molecule has 4 rings (SSSR count). The topological polar surface area (TPSA) is 120 Å². The Balaban J connectivity index is 0.00000167. The van der Waals surface area contributed by atoms with Crippen LogP contribution in [-0.2, 0) is 10.2 Å². The summed E-state index contributed by atoms with van der Waals surface area (Å²) in [4.78, 5) is 38.5. The van der Waals surface area contributed by atoms with Crippen LogP contribution in [0.25, 0.3) is 5.69 Å². The van der Waals surface area contributed by atoms with E-state index < -0.39 is 16.7 Å². The van der Waals surface area contributed by atoms with Gasteiger partial charge in [-0.25, -0.2) is 4.79 Å². The molecule has 1 aliphatic carbocycles. The van der Waals surface area contributed by atoms with Gasteiger partial charge in [0, 0.05) is 5.92 Å². The Morgan fingerprint density at radius 2 is 1.74 bits per heavy atom. The molecule has 0 radical (unpaired) electrons. The van der Waals surface area contributed by atoms with E-state index in [1.165, 1.54) is 12.1 Å². The molecule has 186 valence electrons. The van der Waals surface area contributed by atoms with Crippen molar-refractivity contribution in [3.8, 4) is 17.2 Å². The SMILES string of the molecule is CC.Cc1ccc(Oc2c(Cl)cc(-n3nc(N)c(=O)[nH]c3=O)cc2Cl)cc1C1(C(=O)C(C)C)CC1. The second-order valence-corrected chi connectivity index (χ2v) is 9.29. The summed E-state index contributed by atoms with van der Waals surface area (Å²) >= 11 is 12.8. The normalized spacial score (nSPS) is 13.7. The molecule has 2 aromatic carbocycles. The highest BCUT2D eigenvalue weighted by Crippen LogP contribution is 2.52. The first-order valence-electron chi connectivity index (χ1n) is 11.4. The minimum atomic E-state index is -0.789. The van der Waals surface area contributed by atoms with Crippen molar-refractivity contribution in [2.75, 3.05) is 5.73 Å². The molecule has 1 aliphatic rings. The van der Waals surface area contributed by atoms with Gasteiger partial charge >= 0.3 is 5.69 Å². The van der Waals surface area contributed by atoms with Crippen molar-refractivity contribution < 1.29 is 9.53 Å². The van der Waals surface area contributed by atoms with E-state index in [1.54, 1.807) is 6.07 Å². The van der Waals surface area contributed by atoms with Gasteiger partial charge in [-0.15, -0.1) is 5.10 Å². The maximum Gasteiger partial charge on any atom is 0.349 e. The summed E-state index contributed by atoms with van der Waals surface area (Å²) in [6.07, 6.45) is 1.63. The number of carbonyl (C=O) groups excluding carboxylic acids is 1. The summed E-state index contributed by atoms with van der Waals surface area (Å²) in [6, 6.07) is 8.40. The summed E-state index contributed by atoms with van der Waals surface area (Å²) < 4.78 is 6.88. The van der Waals surface area contributed by atoms with Crippen molar-refractivity contribution in [3.05, 3.63) is 72.3 Å². The van der Waals surface area contributed by atoms with Crippen molar-refractivity contribution in [2.45, 2.75) is 52.9 Å². The molecule has 0 amide bonds. The number of ketones is 1. The lowest BCUT2D eigenvalue weighted by molar-refractivity contribution is -0.124. The zero-order valence-corrected chi connectivity index (χ0v) is 21.8. The van der Waals surface area contributed by atoms with Crippen LogP contribution in [0.3, 0.4) is 0 Å². The fraction of sp³-hybridized carbons (Fsp3) is 0.360. The lowest BCUT2D eigenvalue weighted by Gasteiger charge is -2.20. The number of halogens is 2. The van der Waals surface area contributed by atoms with Crippen molar-refractivity contribution in [1.82, 2.24) is 14.8 Å². The maximum atomic E-state index is 12.9. The molecule has 0 bridgehead atoms. The molecular weight excluding hydrogens is 491 g/mol. The Bertz CT molecular complexity index is 1370. The number of hydrogen-bond acceptors (Lipinski definition) is 6. The molecule has 35 heavy (non-hydrogen) atoms. The van der Waals surface area contributed by atoms with Crippen LogP contribution in [-0.4, -0.2) is 20.5 Å². The van der Waals surface area contributed by atoms with Crippen LogP contribution in [0, 0.1) is 12.8 Å². The number of H-pyrrole nitrogens is 1. The molecule has 1 heterocycles. The Labute approximate surface area is 213 Å². The highest BCUT2D eigenvalue weighted by atomic mass is 35.5. The number of aromatic nitrogens is 3. The average molecular weight is 519 g/mol. The number of Topliss-reactive ketones (excluding diaryl/α,β-unsaturated/α-hetero) is 1. The van der Waals surface area contributed by atoms with Crippen LogP contribution in [0.1, 0.15) is 51.7 Å². The van der Waals surface area contributed by atoms with Crippen LogP contribution >= 0.6 is 23.2 Å². The van der Waals surface area contributed by atoms with Gasteiger partial charge in [0.15, 0.2) is 5.75 Å². The Morgan fingerprint density at radius 3 is 2.29 bits per heavy atom. The van der Waals surface area contributed by atoms with E-state index in [2.05, 4.69) is 10.1 Å². The Hall–Kier alpha value is -3.10. The summed E-state index contributed by atoms with van der Waals surface area (Å²) in [7, 11) is 0. The van der Waals surface area contributed by atoms with Gasteiger partial charge in [-0.3, -0.25) is 14.6 Å². The number of ether oxygens (including phenoxy) is 1. The number of nitrogens with one attached hydrogen (secondary N) is 1. The summed E-state index contributed by atoms with van der Waals surface area (Å²) in [5, 5.41) is 4.02. The lowest BCUT2D eigenvalue weighted by atomic mass is 9.83. The molecule has 0 aliphatic heterocycles. The van der Waals surface area contributed by atoms with Crippen LogP contribution in [0.2, 0.25) is 10.0 Å². The smallest absolute Gasteiger partial charge is 0.349 e. The van der Waals surface area contributed by atoms with Gasteiger partial charge in [0.1, 0.15) is 11.5 Å². The van der Waals surface area contributed by atoms with Crippen molar-refractivity contribution in [2.24, 2.45) is 5.92 Å². The van der Waals surface area contributed by atoms with E-state index in [9.17, 15) is 14.4 Å². The molecule has 0 saturated heterocycles. The third kappa shape index (κ3) is 5.13. The van der Waals surface area contributed by atoms with E-state index in [1.807, 2.05) is 46.8 Å². The van der Waals surface area contributed by atoms with Gasteiger partial charge in [0.2, 0.25) is 5.82 Å². The molecule has 1 saturated carbocycles. The molecule has 10 heteroatoms. The number of aryl methyl sites for hydroxylation is 1. The quantitative estimate of drug-likeness (QED) is 0.462. The fourth-order valence-electron chi connectivity index (χ4n) is 3.98. The number of benzene rings is 2. The molecule has 1 aromatic heterocycles. The first-order chi connectivity index (χ1) is 16.5. The minimum absolute atomic E-state index is 0.0631. The third-order valence-electron chi connectivity index (χ3n) is 5.77. The second-order valence-electron chi connectivity index (χ2n) is 8.47. The summed E-state index contributed by atoms with van der Waals surface area (Å²) in [5.74, 6) is 0.452. The van der Waals surface area contributed by atoms with Crippen molar-refractivity contribution in [3.63, 3.8) is 0 Å². The Kier molecular flexibility index (Phi) is 7.77. The number of carbonyl (C=O) groups is 1. The van der Waals surface area contributed by atoms with Crippen molar-refractivity contribution >= 4 is 34.8 Å². The lowest BCUT2D eigenvalue weighted by Crippen LogP contribution is -2.33. The number of nitrogens with zero attached hydrogens (tertiary/aromatic N) is 2. The van der Waals surface area contributed by atoms with E-state index in [0.29, 0.717) is 5.75 Å². The molecule has 0 spiro atoms. The van der Waals surface area contributed by atoms with Crippen LogP contribution in [0.5, 0.6) is 11.5 Å². The predicted octanol–water partition coefficient (Wildman–Crippen LogP) is 5.19. The number of nitrogen functional groups attached to an aromatic ring is 1. The third-order valence-corrected chi connectivity index (χ3v) is 6.33. The van der Waals surface area contributed by atoms with Gasteiger partial charge in [0.05, 0.1) is 21.1 Å². The summed E-state index contributed by atoms with van der Waals surface area (Å²) in [6.45, 7) is 9.80. The molecule has 0 atom stereocenters. The number of nitrogens with two attached hydrogens (primary N) is 1. The van der Waals surface area contributed by atoms with Gasteiger partial charge in [-0.2, -0.15) is 4.68 Å². The van der Waals surface area contributed by atoms with Gasteiger partial charge in [0.25, 0.3) is 5.56 Å². The van der Waals surface area contributed by atoms with E-state index in [-0.39, 0.29) is 39.0 Å². The number of anilines is 1. The number of rotatable bonds is 6. The number of hydrogen-bond donors (Lipinski definition) is 2. The van der Waals surface area contributed by atoms with Gasteiger partial charge in [-0.05, 0) is 55.2 Å². The summed E-state index contributed by atoms with van der Waals surface area (Å²) in [5.41, 5.74) is 5.64. The second kappa shape index (κ2) is 10.3. The molecule has 0 unspecified atom stereocenters. The average Bonchev–Trinajstić information content (AvgIpc) is 3.62. The minimum Gasteiger partial charge on any atom is -0.454 e. The zero-order chi connectivity index (χ0) is 26.1. The monoisotopic (exact) mass is 518 g/mol. The molecular formula is C25H28Cl2N4O4. The number of aromatic amines is 1. The van der Waals surface area contributed by atoms with Crippen LogP contribution < -0.4 is 21.7 Å². The highest BCUT2D eigenvalue weighted by molar-refractivity contribution is 6.37. The zero-order valence-electron chi connectivity index (χ0n) is 20.2. The van der Waals surface area contributed by atoms with E-state index in [4.69, 9.17) is 33.7 Å². The van der Waals surface area contributed by atoms with Gasteiger partial charge in [-0.1, -0.05) is 57.0 Å². The molecule has 8 nitrogen and oxygen atoms in total. The van der Waals surface area contributed by atoms with E-state index in [0.717, 1.165) is 28.7 Å². The van der Waals surface area contributed by atoms with Gasteiger partial charge < -0.3 is 10.5 Å². The van der Waals surface area contributed by atoms with Crippen LogP contribution in [0.15, 0.2) is 39.9 Å².